The van der Waals surface area contributed by atoms with Crippen LogP contribution in [0.4, 0.5) is 0 Å². The Labute approximate surface area is 102 Å². The van der Waals surface area contributed by atoms with Crippen molar-refractivity contribution >= 4 is 33.4 Å². The highest BCUT2D eigenvalue weighted by atomic mass is 79.9. The third kappa shape index (κ3) is 2.52. The zero-order valence-corrected chi connectivity index (χ0v) is 10.5. The van der Waals surface area contributed by atoms with Gasteiger partial charge >= 0.3 is 0 Å². The Bertz CT molecular complexity index is 383. The zero-order valence-electron chi connectivity index (χ0n) is 8.12. The molecule has 1 saturated heterocycles. The van der Waals surface area contributed by atoms with E-state index < -0.39 is 0 Å². The van der Waals surface area contributed by atoms with Gasteiger partial charge < -0.3 is 4.90 Å². The van der Waals surface area contributed by atoms with Crippen LogP contribution in [0.3, 0.4) is 0 Å². The van der Waals surface area contributed by atoms with Crippen LogP contribution in [0.25, 0.3) is 0 Å². The second-order valence-corrected chi connectivity index (χ2v) is 5.19. The lowest BCUT2D eigenvalue weighted by Crippen LogP contribution is -2.26. The number of nitrogens with zero attached hydrogens (tertiary/aromatic N) is 1. The van der Waals surface area contributed by atoms with E-state index in [2.05, 4.69) is 15.9 Å². The summed E-state index contributed by atoms with van der Waals surface area (Å²) in [5, 5.41) is 0.717. The summed E-state index contributed by atoms with van der Waals surface area (Å²) in [5.41, 5.74) is 1.08. The molecule has 0 bridgehead atoms. The van der Waals surface area contributed by atoms with Crippen LogP contribution < -0.4 is 0 Å². The Morgan fingerprint density at radius 1 is 1.53 bits per heavy atom. The summed E-state index contributed by atoms with van der Waals surface area (Å²) in [6.07, 6.45) is 0.888. The molecular formula is C11H11BrClNO. The summed E-state index contributed by atoms with van der Waals surface area (Å²) in [5.74, 6) is 0.176. The number of alkyl halides is 1. The van der Waals surface area contributed by atoms with Gasteiger partial charge in [-0.05, 0) is 24.1 Å². The molecule has 1 fully saturated rings. The normalized spacial score (nSPS) is 21.1. The molecule has 1 aliphatic rings. The van der Waals surface area contributed by atoms with Gasteiger partial charge in [-0.15, -0.1) is 0 Å². The molecular weight excluding hydrogens is 277 g/mol. The maximum Gasteiger partial charge on any atom is 0.236 e. The predicted molar refractivity (Wildman–Crippen MR) is 64.2 cm³/mol. The van der Waals surface area contributed by atoms with Crippen LogP contribution in [-0.4, -0.2) is 22.2 Å². The van der Waals surface area contributed by atoms with E-state index in [9.17, 15) is 4.79 Å². The number of carbonyl (C=O) groups excluding carboxylic acids is 1. The van der Waals surface area contributed by atoms with Gasteiger partial charge in [0.05, 0.1) is 4.83 Å². The van der Waals surface area contributed by atoms with Crippen molar-refractivity contribution in [1.82, 2.24) is 4.90 Å². The molecule has 1 aromatic carbocycles. The number of halogens is 2. The first-order valence-corrected chi connectivity index (χ1v) is 6.13. The maximum absolute atomic E-state index is 11.6. The summed E-state index contributed by atoms with van der Waals surface area (Å²) >= 11 is 9.24. The van der Waals surface area contributed by atoms with Crippen molar-refractivity contribution in [2.45, 2.75) is 17.8 Å². The van der Waals surface area contributed by atoms with Crippen LogP contribution in [0.5, 0.6) is 0 Å². The van der Waals surface area contributed by atoms with Gasteiger partial charge in [-0.1, -0.05) is 39.7 Å². The second-order valence-electron chi connectivity index (χ2n) is 3.65. The van der Waals surface area contributed by atoms with Crippen molar-refractivity contribution in [3.8, 4) is 0 Å². The third-order valence-corrected chi connectivity index (χ3v) is 3.58. The lowest BCUT2D eigenvalue weighted by molar-refractivity contribution is -0.127. The highest BCUT2D eigenvalue weighted by Gasteiger charge is 2.28. The molecule has 4 heteroatoms. The first kappa shape index (κ1) is 11.0. The van der Waals surface area contributed by atoms with Gasteiger partial charge in [0.2, 0.25) is 5.91 Å². The van der Waals surface area contributed by atoms with Gasteiger partial charge in [-0.25, -0.2) is 0 Å². The average Bonchev–Trinajstić information content (AvgIpc) is 2.50. The molecule has 1 atom stereocenters. The Morgan fingerprint density at radius 2 is 2.33 bits per heavy atom. The topological polar surface area (TPSA) is 20.3 Å². The Morgan fingerprint density at radius 3 is 2.93 bits per heavy atom. The molecule has 0 radical (unpaired) electrons. The number of benzene rings is 1. The molecule has 0 N–H and O–H groups in total. The fourth-order valence-corrected chi connectivity index (χ4v) is 2.42. The van der Waals surface area contributed by atoms with E-state index in [0.717, 1.165) is 23.6 Å². The zero-order chi connectivity index (χ0) is 10.8. The molecule has 2 nitrogen and oxygen atoms in total. The minimum Gasteiger partial charge on any atom is -0.337 e. The molecule has 0 aromatic heterocycles. The lowest BCUT2D eigenvalue weighted by atomic mass is 10.2. The van der Waals surface area contributed by atoms with Gasteiger partial charge in [0.1, 0.15) is 0 Å². The molecule has 1 aromatic rings. The van der Waals surface area contributed by atoms with E-state index in [1.54, 1.807) is 0 Å². The van der Waals surface area contributed by atoms with E-state index >= 15 is 0 Å². The molecule has 1 heterocycles. The number of likely N-dealkylation sites (tertiary alicyclic amines) is 1. The van der Waals surface area contributed by atoms with Crippen LogP contribution in [0, 0.1) is 0 Å². The summed E-state index contributed by atoms with van der Waals surface area (Å²) in [7, 11) is 0. The fraction of sp³-hybridized carbons (Fsp3) is 0.364. The van der Waals surface area contributed by atoms with Gasteiger partial charge in [0.25, 0.3) is 0 Å². The van der Waals surface area contributed by atoms with Crippen LogP contribution in [0.1, 0.15) is 12.0 Å². The number of carbonyl (C=O) groups is 1. The lowest BCUT2D eigenvalue weighted by Gasteiger charge is -2.15. The number of hydrogen-bond donors (Lipinski definition) is 0. The minimum atomic E-state index is -0.00307. The molecule has 1 amide bonds. The second kappa shape index (κ2) is 4.54. The van der Waals surface area contributed by atoms with Crippen molar-refractivity contribution in [3.63, 3.8) is 0 Å². The Hall–Kier alpha value is -0.540. The first-order chi connectivity index (χ1) is 7.16. The Balaban J connectivity index is 2.06. The third-order valence-electron chi connectivity index (χ3n) is 2.49. The van der Waals surface area contributed by atoms with Crippen molar-refractivity contribution < 1.29 is 4.79 Å². The predicted octanol–water partition coefficient (Wildman–Crippen LogP) is 2.84. The molecule has 80 valence electrons. The molecule has 1 unspecified atom stereocenters. The van der Waals surface area contributed by atoms with Crippen LogP contribution >= 0.6 is 27.5 Å². The largest absolute Gasteiger partial charge is 0.337 e. The smallest absolute Gasteiger partial charge is 0.236 e. The molecule has 1 aliphatic heterocycles. The van der Waals surface area contributed by atoms with Gasteiger partial charge in [-0.2, -0.15) is 0 Å². The monoisotopic (exact) mass is 287 g/mol. The number of hydrogen-bond acceptors (Lipinski definition) is 1. The quantitative estimate of drug-likeness (QED) is 0.766. The van der Waals surface area contributed by atoms with Crippen molar-refractivity contribution in [2.24, 2.45) is 0 Å². The highest BCUT2D eigenvalue weighted by Crippen LogP contribution is 2.21. The average molecular weight is 289 g/mol. The molecule has 15 heavy (non-hydrogen) atoms. The number of amides is 1. The van der Waals surface area contributed by atoms with E-state index in [0.29, 0.717) is 6.54 Å². The van der Waals surface area contributed by atoms with E-state index in [1.807, 2.05) is 29.2 Å². The Kier molecular flexibility index (Phi) is 3.32. The maximum atomic E-state index is 11.6. The minimum absolute atomic E-state index is 0.00307. The summed E-state index contributed by atoms with van der Waals surface area (Å²) in [6.45, 7) is 1.47. The SMILES string of the molecule is O=C1C(Br)CCN1Cc1cccc(Cl)c1. The fourth-order valence-electron chi connectivity index (χ4n) is 1.71. The molecule has 0 aliphatic carbocycles. The van der Waals surface area contributed by atoms with Crippen molar-refractivity contribution in [1.29, 1.82) is 0 Å². The van der Waals surface area contributed by atoms with Gasteiger partial charge in [0, 0.05) is 18.1 Å². The van der Waals surface area contributed by atoms with Gasteiger partial charge in [0.15, 0.2) is 0 Å². The summed E-state index contributed by atoms with van der Waals surface area (Å²) < 4.78 is 0. The molecule has 2 rings (SSSR count). The van der Waals surface area contributed by atoms with Crippen molar-refractivity contribution in [3.05, 3.63) is 34.9 Å². The molecule has 0 saturated carbocycles. The van der Waals surface area contributed by atoms with E-state index in [4.69, 9.17) is 11.6 Å². The number of rotatable bonds is 2. The van der Waals surface area contributed by atoms with E-state index in [-0.39, 0.29) is 10.7 Å². The van der Waals surface area contributed by atoms with Gasteiger partial charge in [-0.3, -0.25) is 4.79 Å². The van der Waals surface area contributed by atoms with Crippen LogP contribution in [0.15, 0.2) is 24.3 Å². The van der Waals surface area contributed by atoms with Crippen LogP contribution in [0.2, 0.25) is 5.02 Å². The standard InChI is InChI=1S/C11H11BrClNO/c12-10-4-5-14(11(10)15)7-8-2-1-3-9(13)6-8/h1-3,6,10H,4-5,7H2. The summed E-state index contributed by atoms with van der Waals surface area (Å²) in [6, 6.07) is 7.63. The summed E-state index contributed by atoms with van der Waals surface area (Å²) in [4.78, 5) is 13.5. The molecule has 0 spiro atoms. The van der Waals surface area contributed by atoms with Crippen molar-refractivity contribution in [2.75, 3.05) is 6.54 Å². The van der Waals surface area contributed by atoms with Crippen LogP contribution in [-0.2, 0) is 11.3 Å². The first-order valence-electron chi connectivity index (χ1n) is 4.84. The highest BCUT2D eigenvalue weighted by molar-refractivity contribution is 9.10. The van der Waals surface area contributed by atoms with E-state index in [1.165, 1.54) is 0 Å².